The number of hydrogen-bond acceptors (Lipinski definition) is 4. The van der Waals surface area contributed by atoms with Crippen LogP contribution in [-0.2, 0) is 6.61 Å². The molecule has 0 aliphatic rings. The normalized spacial score (nSPS) is 10.8. The molecule has 79 valence electrons. The van der Waals surface area contributed by atoms with Crippen LogP contribution in [0.4, 0.5) is 0 Å². The van der Waals surface area contributed by atoms with Crippen LogP contribution in [0.15, 0.2) is 41.1 Å². The number of ether oxygens (including phenoxy) is 1. The molecule has 2 heterocycles. The van der Waals surface area contributed by atoms with Crippen LogP contribution in [0.3, 0.4) is 0 Å². The maximum Gasteiger partial charge on any atom is 0.232 e. The standard InChI is InChI=1S/C12H8NO2S/c1-2-4-11-9(3-1)10(8-16-11)15-7-12-13-5-6-14-12/h1-6H,7H2. The zero-order chi connectivity index (χ0) is 10.8. The van der Waals surface area contributed by atoms with E-state index in [-0.39, 0.29) is 0 Å². The molecule has 0 aliphatic carbocycles. The summed E-state index contributed by atoms with van der Waals surface area (Å²) < 4.78 is 11.9. The van der Waals surface area contributed by atoms with E-state index in [2.05, 4.69) is 16.4 Å². The van der Waals surface area contributed by atoms with E-state index in [0.717, 1.165) is 11.1 Å². The number of rotatable bonds is 3. The monoisotopic (exact) mass is 230 g/mol. The van der Waals surface area contributed by atoms with Gasteiger partial charge in [0.25, 0.3) is 0 Å². The van der Waals surface area contributed by atoms with Crippen molar-refractivity contribution in [1.29, 1.82) is 0 Å². The minimum absolute atomic E-state index is 0.338. The Hall–Kier alpha value is -1.81. The Kier molecular flexibility index (Phi) is 2.34. The Morgan fingerprint density at radius 2 is 2.31 bits per heavy atom. The highest BCUT2D eigenvalue weighted by Crippen LogP contribution is 2.31. The molecule has 0 unspecified atom stereocenters. The molecule has 0 aliphatic heterocycles. The van der Waals surface area contributed by atoms with Crippen LogP contribution in [0, 0.1) is 5.38 Å². The van der Waals surface area contributed by atoms with E-state index in [1.54, 1.807) is 17.5 Å². The van der Waals surface area contributed by atoms with Crippen molar-refractivity contribution in [3.63, 3.8) is 0 Å². The first-order valence-corrected chi connectivity index (χ1v) is 5.65. The van der Waals surface area contributed by atoms with Crippen molar-refractivity contribution in [3.8, 4) is 5.75 Å². The molecule has 3 rings (SSSR count). The summed E-state index contributed by atoms with van der Waals surface area (Å²) in [5.41, 5.74) is 0. The lowest BCUT2D eigenvalue weighted by atomic mass is 10.2. The Morgan fingerprint density at radius 1 is 1.38 bits per heavy atom. The summed E-state index contributed by atoms with van der Waals surface area (Å²) in [5, 5.41) is 4.21. The van der Waals surface area contributed by atoms with Crippen molar-refractivity contribution in [2.24, 2.45) is 0 Å². The Labute approximate surface area is 96.3 Å². The number of thiophene rings is 1. The first-order valence-electron chi connectivity index (χ1n) is 4.84. The summed E-state index contributed by atoms with van der Waals surface area (Å²) >= 11 is 1.55. The maximum atomic E-state index is 5.60. The zero-order valence-electron chi connectivity index (χ0n) is 8.34. The summed E-state index contributed by atoms with van der Waals surface area (Å²) in [4.78, 5) is 3.99. The minimum atomic E-state index is 0.338. The fourth-order valence-electron chi connectivity index (χ4n) is 1.46. The van der Waals surface area contributed by atoms with Gasteiger partial charge in [0.15, 0.2) is 6.61 Å². The molecule has 0 N–H and O–H groups in total. The van der Waals surface area contributed by atoms with Gasteiger partial charge in [0.1, 0.15) is 12.0 Å². The van der Waals surface area contributed by atoms with Crippen molar-refractivity contribution in [3.05, 3.63) is 48.0 Å². The predicted octanol–water partition coefficient (Wildman–Crippen LogP) is 3.27. The van der Waals surface area contributed by atoms with E-state index >= 15 is 0 Å². The van der Waals surface area contributed by atoms with E-state index in [1.165, 1.54) is 11.0 Å². The Morgan fingerprint density at radius 3 is 3.19 bits per heavy atom. The average Bonchev–Trinajstić information content (AvgIpc) is 2.96. The third kappa shape index (κ3) is 1.67. The van der Waals surface area contributed by atoms with Crippen molar-refractivity contribution in [2.45, 2.75) is 6.61 Å². The van der Waals surface area contributed by atoms with Gasteiger partial charge in [-0.15, -0.1) is 11.3 Å². The van der Waals surface area contributed by atoms with E-state index in [1.807, 2.05) is 18.2 Å². The molecule has 0 spiro atoms. The Balaban J connectivity index is 1.84. The van der Waals surface area contributed by atoms with Crippen molar-refractivity contribution < 1.29 is 9.15 Å². The van der Waals surface area contributed by atoms with Crippen molar-refractivity contribution >= 4 is 21.4 Å². The second-order valence-corrected chi connectivity index (χ2v) is 4.09. The topological polar surface area (TPSA) is 35.3 Å². The van der Waals surface area contributed by atoms with Crippen LogP contribution in [0.25, 0.3) is 10.1 Å². The molecule has 0 saturated carbocycles. The second kappa shape index (κ2) is 3.98. The molecule has 1 aromatic carbocycles. The highest BCUT2D eigenvalue weighted by molar-refractivity contribution is 7.17. The van der Waals surface area contributed by atoms with Gasteiger partial charge in [-0.1, -0.05) is 12.1 Å². The number of oxazole rings is 1. The molecule has 1 radical (unpaired) electrons. The summed E-state index contributed by atoms with van der Waals surface area (Å²) in [6, 6.07) is 8.06. The zero-order valence-corrected chi connectivity index (χ0v) is 9.16. The van der Waals surface area contributed by atoms with E-state index in [4.69, 9.17) is 9.15 Å². The summed E-state index contributed by atoms with van der Waals surface area (Å²) in [5.74, 6) is 1.34. The van der Waals surface area contributed by atoms with Gasteiger partial charge in [-0.25, -0.2) is 4.98 Å². The summed E-state index contributed by atoms with van der Waals surface area (Å²) in [6.45, 7) is 0.338. The molecule has 3 nitrogen and oxygen atoms in total. The SMILES string of the molecule is [c]1sc2ccccc2c1OCc1ncco1. The lowest BCUT2D eigenvalue weighted by molar-refractivity contribution is 0.266. The number of benzene rings is 1. The molecule has 16 heavy (non-hydrogen) atoms. The highest BCUT2D eigenvalue weighted by atomic mass is 32.1. The fraction of sp³-hybridized carbons (Fsp3) is 0.0833. The Bertz CT molecular complexity index is 586. The van der Waals surface area contributed by atoms with Crippen molar-refractivity contribution in [1.82, 2.24) is 4.98 Å². The molecule has 0 amide bonds. The summed E-state index contributed by atoms with van der Waals surface area (Å²) in [6.07, 6.45) is 3.14. The molecule has 0 fully saturated rings. The summed E-state index contributed by atoms with van der Waals surface area (Å²) in [7, 11) is 0. The molecule has 0 bridgehead atoms. The second-order valence-electron chi connectivity index (χ2n) is 3.24. The number of fused-ring (bicyclic) bond motifs is 1. The fourth-order valence-corrected chi connectivity index (χ4v) is 2.25. The van der Waals surface area contributed by atoms with E-state index in [0.29, 0.717) is 12.5 Å². The van der Waals surface area contributed by atoms with Crippen LogP contribution in [0.1, 0.15) is 5.89 Å². The molecular formula is C12H8NO2S. The predicted molar refractivity (Wildman–Crippen MR) is 61.5 cm³/mol. The van der Waals surface area contributed by atoms with Gasteiger partial charge in [0, 0.05) is 10.1 Å². The van der Waals surface area contributed by atoms with Crippen LogP contribution < -0.4 is 4.74 Å². The molecular weight excluding hydrogens is 222 g/mol. The van der Waals surface area contributed by atoms with Gasteiger partial charge in [-0.3, -0.25) is 0 Å². The number of aromatic nitrogens is 1. The van der Waals surface area contributed by atoms with Crippen molar-refractivity contribution in [2.75, 3.05) is 0 Å². The van der Waals surface area contributed by atoms with Gasteiger partial charge in [-0.2, -0.15) is 0 Å². The smallest absolute Gasteiger partial charge is 0.232 e. The van der Waals surface area contributed by atoms with Crippen LogP contribution >= 0.6 is 11.3 Å². The van der Waals surface area contributed by atoms with Gasteiger partial charge in [0.05, 0.1) is 11.6 Å². The van der Waals surface area contributed by atoms with Crippen LogP contribution in [-0.4, -0.2) is 4.98 Å². The lowest BCUT2D eigenvalue weighted by Crippen LogP contribution is -1.94. The molecule has 0 saturated heterocycles. The average molecular weight is 230 g/mol. The van der Waals surface area contributed by atoms with E-state index < -0.39 is 0 Å². The lowest BCUT2D eigenvalue weighted by Gasteiger charge is -2.00. The van der Waals surface area contributed by atoms with Gasteiger partial charge >= 0.3 is 0 Å². The largest absolute Gasteiger partial charge is 0.482 e. The molecule has 0 atom stereocenters. The highest BCUT2D eigenvalue weighted by Gasteiger charge is 2.06. The quantitative estimate of drug-likeness (QED) is 0.692. The van der Waals surface area contributed by atoms with Gasteiger partial charge in [0.2, 0.25) is 5.89 Å². The number of hydrogen-bond donors (Lipinski definition) is 0. The van der Waals surface area contributed by atoms with E-state index in [9.17, 15) is 0 Å². The molecule has 2 aromatic heterocycles. The van der Waals surface area contributed by atoms with Gasteiger partial charge < -0.3 is 9.15 Å². The van der Waals surface area contributed by atoms with Crippen LogP contribution in [0.2, 0.25) is 0 Å². The first kappa shape index (κ1) is 9.42. The third-order valence-corrected chi connectivity index (χ3v) is 3.07. The van der Waals surface area contributed by atoms with Crippen LogP contribution in [0.5, 0.6) is 5.75 Å². The number of nitrogens with zero attached hydrogens (tertiary/aromatic N) is 1. The third-order valence-electron chi connectivity index (χ3n) is 2.21. The van der Waals surface area contributed by atoms with Gasteiger partial charge in [-0.05, 0) is 12.1 Å². The minimum Gasteiger partial charge on any atom is -0.482 e. The maximum absolute atomic E-state index is 5.60. The molecule has 4 heteroatoms. The first-order chi connectivity index (χ1) is 7.93. The molecule has 3 aromatic rings.